The fraction of sp³-hybridized carbons (Fsp3) is 0.462. The molecule has 0 spiro atoms. The number of hydrogen-bond donors (Lipinski definition) is 3. The van der Waals surface area contributed by atoms with Crippen molar-refractivity contribution in [2.24, 2.45) is 0 Å². The van der Waals surface area contributed by atoms with Gasteiger partial charge in [0.2, 0.25) is 5.91 Å². The lowest BCUT2D eigenvalue weighted by atomic mass is 10.1. The van der Waals surface area contributed by atoms with Crippen molar-refractivity contribution >= 4 is 27.5 Å². The minimum absolute atomic E-state index is 0.0980. The van der Waals surface area contributed by atoms with Crippen LogP contribution in [0.1, 0.15) is 17.5 Å². The quantitative estimate of drug-likeness (QED) is 0.779. The molecule has 18 heavy (non-hydrogen) atoms. The Bertz CT molecular complexity index is 453. The molecule has 1 aromatic carbocycles. The molecule has 5 heteroatoms. The van der Waals surface area contributed by atoms with Gasteiger partial charge in [-0.15, -0.1) is 0 Å². The van der Waals surface area contributed by atoms with Gasteiger partial charge in [0.05, 0.1) is 17.8 Å². The highest BCUT2D eigenvalue weighted by atomic mass is 79.9. The van der Waals surface area contributed by atoms with Gasteiger partial charge in [-0.1, -0.05) is 6.07 Å². The summed E-state index contributed by atoms with van der Waals surface area (Å²) in [5.41, 5.74) is 2.97. The first-order valence-corrected chi connectivity index (χ1v) is 6.75. The van der Waals surface area contributed by atoms with Gasteiger partial charge in [0.25, 0.3) is 0 Å². The Balaban J connectivity index is 2.12. The molecule has 2 unspecified atom stereocenters. The van der Waals surface area contributed by atoms with Crippen molar-refractivity contribution in [2.45, 2.75) is 32.4 Å². The molecule has 1 aromatic rings. The Kier molecular flexibility index (Phi) is 4.04. The Morgan fingerprint density at radius 3 is 2.78 bits per heavy atom. The van der Waals surface area contributed by atoms with Crippen molar-refractivity contribution in [1.82, 2.24) is 5.32 Å². The second kappa shape index (κ2) is 5.38. The van der Waals surface area contributed by atoms with E-state index in [-0.39, 0.29) is 11.9 Å². The van der Waals surface area contributed by atoms with Crippen molar-refractivity contribution in [3.8, 4) is 0 Å². The molecular weight excluding hydrogens is 296 g/mol. The Morgan fingerprint density at radius 1 is 1.50 bits per heavy atom. The predicted molar refractivity (Wildman–Crippen MR) is 74.7 cm³/mol. The van der Waals surface area contributed by atoms with E-state index >= 15 is 0 Å². The van der Waals surface area contributed by atoms with E-state index in [0.29, 0.717) is 13.0 Å². The van der Waals surface area contributed by atoms with E-state index in [0.717, 1.165) is 21.3 Å². The van der Waals surface area contributed by atoms with Gasteiger partial charge < -0.3 is 15.7 Å². The third-order valence-electron chi connectivity index (χ3n) is 3.10. The van der Waals surface area contributed by atoms with Crippen LogP contribution < -0.4 is 10.6 Å². The van der Waals surface area contributed by atoms with Gasteiger partial charge in [-0.3, -0.25) is 4.79 Å². The second-order valence-electron chi connectivity index (χ2n) is 4.78. The number of amides is 1. The average molecular weight is 313 g/mol. The van der Waals surface area contributed by atoms with Crippen molar-refractivity contribution in [1.29, 1.82) is 0 Å². The molecule has 4 nitrogen and oxygen atoms in total. The first kappa shape index (κ1) is 13.5. The number of β-amino-alcohol motifs (C(OH)–C–C–N with tert-alkyl or cyclic N) is 1. The van der Waals surface area contributed by atoms with Gasteiger partial charge in [-0.25, -0.2) is 0 Å². The topological polar surface area (TPSA) is 61.4 Å². The molecule has 1 aliphatic heterocycles. The molecule has 98 valence electrons. The maximum Gasteiger partial charge on any atom is 0.241 e. The van der Waals surface area contributed by atoms with Crippen LogP contribution >= 0.6 is 15.9 Å². The van der Waals surface area contributed by atoms with Gasteiger partial charge >= 0.3 is 0 Å². The third kappa shape index (κ3) is 2.91. The predicted octanol–water partition coefficient (Wildman–Crippen LogP) is 1.73. The Hall–Kier alpha value is -0.910. The van der Waals surface area contributed by atoms with Crippen LogP contribution in [0, 0.1) is 13.8 Å². The smallest absolute Gasteiger partial charge is 0.241 e. The Morgan fingerprint density at radius 2 is 2.22 bits per heavy atom. The first-order chi connectivity index (χ1) is 8.47. The number of aryl methyl sites for hydroxylation is 2. The van der Waals surface area contributed by atoms with Crippen molar-refractivity contribution in [3.63, 3.8) is 0 Å². The number of rotatable bonds is 2. The minimum atomic E-state index is -0.427. The molecular formula is C13H17BrN2O2. The van der Waals surface area contributed by atoms with Crippen LogP contribution in [0.25, 0.3) is 0 Å². The molecule has 3 N–H and O–H groups in total. The van der Waals surface area contributed by atoms with E-state index in [2.05, 4.69) is 26.6 Å². The fourth-order valence-electron chi connectivity index (χ4n) is 2.20. The van der Waals surface area contributed by atoms with E-state index in [1.807, 2.05) is 26.0 Å². The van der Waals surface area contributed by atoms with Gasteiger partial charge in [0, 0.05) is 11.0 Å². The summed E-state index contributed by atoms with van der Waals surface area (Å²) < 4.78 is 0.881. The number of hydrogen-bond acceptors (Lipinski definition) is 3. The summed E-state index contributed by atoms with van der Waals surface area (Å²) in [7, 11) is 0. The highest BCUT2D eigenvalue weighted by Crippen LogP contribution is 2.28. The molecule has 2 atom stereocenters. The maximum absolute atomic E-state index is 12.0. The third-order valence-corrected chi connectivity index (χ3v) is 3.73. The number of nitrogens with one attached hydrogen (secondary N) is 2. The summed E-state index contributed by atoms with van der Waals surface area (Å²) in [6, 6.07) is 3.68. The zero-order valence-electron chi connectivity index (χ0n) is 10.5. The number of aliphatic hydroxyl groups is 1. The molecule has 1 amide bonds. The van der Waals surface area contributed by atoms with Crippen molar-refractivity contribution in [3.05, 3.63) is 27.7 Å². The highest BCUT2D eigenvalue weighted by molar-refractivity contribution is 9.10. The molecule has 2 rings (SSSR count). The lowest BCUT2D eigenvalue weighted by molar-refractivity contribution is -0.117. The molecule has 0 radical (unpaired) electrons. The SMILES string of the molecule is Cc1cc(C)c(NC(=O)C2CC(O)CN2)c(Br)c1. The van der Waals surface area contributed by atoms with Crippen LogP contribution in [0.2, 0.25) is 0 Å². The summed E-state index contributed by atoms with van der Waals surface area (Å²) >= 11 is 3.46. The van der Waals surface area contributed by atoms with Crippen molar-refractivity contribution in [2.75, 3.05) is 11.9 Å². The standard InChI is InChI=1S/C13H17BrN2O2/c1-7-3-8(2)12(10(14)4-7)16-13(18)11-5-9(17)6-15-11/h3-4,9,11,15,17H,5-6H2,1-2H3,(H,16,18). The highest BCUT2D eigenvalue weighted by Gasteiger charge is 2.28. The number of halogens is 1. The van der Waals surface area contributed by atoms with E-state index in [4.69, 9.17) is 0 Å². The summed E-state index contributed by atoms with van der Waals surface area (Å²) in [5.74, 6) is -0.0980. The van der Waals surface area contributed by atoms with E-state index in [9.17, 15) is 9.90 Å². The fourth-order valence-corrected chi connectivity index (χ4v) is 2.97. The lowest BCUT2D eigenvalue weighted by Gasteiger charge is -2.15. The molecule has 0 saturated carbocycles. The van der Waals surface area contributed by atoms with Crippen LogP contribution in [-0.2, 0) is 4.79 Å². The zero-order valence-corrected chi connectivity index (χ0v) is 12.0. The molecule has 0 aromatic heterocycles. The van der Waals surface area contributed by atoms with Crippen molar-refractivity contribution < 1.29 is 9.90 Å². The zero-order chi connectivity index (χ0) is 13.3. The minimum Gasteiger partial charge on any atom is -0.392 e. The molecule has 1 fully saturated rings. The van der Waals surface area contributed by atoms with Crippen LogP contribution in [0.15, 0.2) is 16.6 Å². The molecule has 1 saturated heterocycles. The first-order valence-electron chi connectivity index (χ1n) is 5.96. The Labute approximate surface area is 115 Å². The molecule has 0 bridgehead atoms. The monoisotopic (exact) mass is 312 g/mol. The van der Waals surface area contributed by atoms with Gasteiger partial charge in [0.1, 0.15) is 0 Å². The summed E-state index contributed by atoms with van der Waals surface area (Å²) in [6.07, 6.45) is 0.0391. The van der Waals surface area contributed by atoms with Gasteiger partial charge in [-0.05, 0) is 53.4 Å². The van der Waals surface area contributed by atoms with E-state index in [1.165, 1.54) is 0 Å². The number of anilines is 1. The lowest BCUT2D eigenvalue weighted by Crippen LogP contribution is -2.35. The van der Waals surface area contributed by atoms with Crippen LogP contribution in [0.3, 0.4) is 0 Å². The second-order valence-corrected chi connectivity index (χ2v) is 5.63. The number of aliphatic hydroxyl groups excluding tert-OH is 1. The van der Waals surface area contributed by atoms with Crippen LogP contribution in [0.4, 0.5) is 5.69 Å². The van der Waals surface area contributed by atoms with E-state index in [1.54, 1.807) is 0 Å². The number of carbonyl (C=O) groups excluding carboxylic acids is 1. The molecule has 0 aliphatic carbocycles. The van der Waals surface area contributed by atoms with Crippen LogP contribution in [0.5, 0.6) is 0 Å². The van der Waals surface area contributed by atoms with E-state index < -0.39 is 6.10 Å². The normalized spacial score (nSPS) is 23.1. The van der Waals surface area contributed by atoms with Crippen LogP contribution in [-0.4, -0.2) is 29.7 Å². The van der Waals surface area contributed by atoms with Gasteiger partial charge in [0.15, 0.2) is 0 Å². The maximum atomic E-state index is 12.0. The average Bonchev–Trinajstić information content (AvgIpc) is 2.70. The van der Waals surface area contributed by atoms with Gasteiger partial charge in [-0.2, -0.15) is 0 Å². The summed E-state index contributed by atoms with van der Waals surface area (Å²) in [5, 5.41) is 15.3. The number of carbonyl (C=O) groups is 1. The summed E-state index contributed by atoms with van der Waals surface area (Å²) in [6.45, 7) is 4.45. The molecule has 1 aliphatic rings. The number of benzene rings is 1. The summed E-state index contributed by atoms with van der Waals surface area (Å²) in [4.78, 5) is 12.0. The molecule has 1 heterocycles. The largest absolute Gasteiger partial charge is 0.392 e.